The number of hydrogen-bond donors (Lipinski definition) is 1. The molecule has 98 valence electrons. The van der Waals surface area contributed by atoms with Crippen LogP contribution in [-0.2, 0) is 0 Å². The Kier molecular flexibility index (Phi) is 4.31. The van der Waals surface area contributed by atoms with Crippen LogP contribution in [0.4, 0.5) is 10.1 Å². The van der Waals surface area contributed by atoms with Crippen molar-refractivity contribution in [3.8, 4) is 0 Å². The van der Waals surface area contributed by atoms with Crippen LogP contribution in [0.25, 0.3) is 0 Å². The van der Waals surface area contributed by atoms with E-state index in [1.165, 1.54) is 6.07 Å². The lowest BCUT2D eigenvalue weighted by atomic mass is 10.1. The van der Waals surface area contributed by atoms with Crippen molar-refractivity contribution in [3.63, 3.8) is 0 Å². The molecule has 4 heteroatoms. The zero-order valence-electron chi connectivity index (χ0n) is 10.8. The Bertz CT molecular complexity index is 428. The monoisotopic (exact) mass is 251 g/mol. The number of anilines is 1. The SMILES string of the molecule is CCCC(=O)c1ccc(N2CC[NH2+]CC2)c(F)c1. The Morgan fingerprint density at radius 1 is 1.39 bits per heavy atom. The molecule has 0 bridgehead atoms. The van der Waals surface area contributed by atoms with Gasteiger partial charge in [-0.15, -0.1) is 0 Å². The fourth-order valence-electron chi connectivity index (χ4n) is 2.30. The number of ketones is 1. The second-order valence-corrected chi connectivity index (χ2v) is 4.69. The molecule has 0 atom stereocenters. The van der Waals surface area contributed by atoms with Crippen molar-refractivity contribution in [3.05, 3.63) is 29.6 Å². The number of carbonyl (C=O) groups excluding carboxylic acids is 1. The summed E-state index contributed by atoms with van der Waals surface area (Å²) in [5, 5.41) is 2.23. The summed E-state index contributed by atoms with van der Waals surface area (Å²) in [6, 6.07) is 4.86. The van der Waals surface area contributed by atoms with Gasteiger partial charge in [0, 0.05) is 12.0 Å². The van der Waals surface area contributed by atoms with Crippen molar-refractivity contribution in [1.29, 1.82) is 0 Å². The molecular weight excluding hydrogens is 231 g/mol. The molecule has 0 amide bonds. The van der Waals surface area contributed by atoms with Gasteiger partial charge in [0.1, 0.15) is 5.82 Å². The van der Waals surface area contributed by atoms with Crippen LogP contribution in [0.1, 0.15) is 30.1 Å². The summed E-state index contributed by atoms with van der Waals surface area (Å²) in [4.78, 5) is 13.7. The molecule has 1 saturated heterocycles. The van der Waals surface area contributed by atoms with E-state index < -0.39 is 0 Å². The van der Waals surface area contributed by atoms with Gasteiger partial charge in [-0.25, -0.2) is 4.39 Å². The number of rotatable bonds is 4. The molecule has 0 unspecified atom stereocenters. The van der Waals surface area contributed by atoms with Crippen LogP contribution in [0.5, 0.6) is 0 Å². The van der Waals surface area contributed by atoms with Crippen LogP contribution in [0.15, 0.2) is 18.2 Å². The van der Waals surface area contributed by atoms with Gasteiger partial charge in [-0.2, -0.15) is 0 Å². The van der Waals surface area contributed by atoms with Crippen molar-refractivity contribution < 1.29 is 14.5 Å². The third-order valence-electron chi connectivity index (χ3n) is 3.29. The summed E-state index contributed by atoms with van der Waals surface area (Å²) in [6.45, 7) is 5.66. The lowest BCUT2D eigenvalue weighted by Gasteiger charge is -2.27. The first kappa shape index (κ1) is 13.0. The standard InChI is InChI=1S/C14H19FN2O/c1-2-3-14(18)11-4-5-13(12(15)10-11)17-8-6-16-7-9-17/h4-5,10,16H,2-3,6-9H2,1H3/p+1. The van der Waals surface area contributed by atoms with Gasteiger partial charge < -0.3 is 10.2 Å². The third kappa shape index (κ3) is 2.88. The number of halogens is 1. The van der Waals surface area contributed by atoms with Gasteiger partial charge in [0.05, 0.1) is 31.9 Å². The Labute approximate surface area is 107 Å². The average molecular weight is 251 g/mol. The maximum Gasteiger partial charge on any atom is 0.162 e. The molecule has 18 heavy (non-hydrogen) atoms. The smallest absolute Gasteiger partial charge is 0.162 e. The molecule has 0 saturated carbocycles. The largest absolute Gasteiger partial charge is 0.358 e. The minimum Gasteiger partial charge on any atom is -0.358 e. The Balaban J connectivity index is 2.16. The zero-order chi connectivity index (χ0) is 13.0. The maximum atomic E-state index is 14.0. The van der Waals surface area contributed by atoms with Crippen molar-refractivity contribution in [1.82, 2.24) is 0 Å². The van der Waals surface area contributed by atoms with E-state index in [0.717, 1.165) is 32.6 Å². The highest BCUT2D eigenvalue weighted by molar-refractivity contribution is 5.96. The minimum atomic E-state index is -0.279. The molecule has 1 heterocycles. The predicted molar refractivity (Wildman–Crippen MR) is 69.5 cm³/mol. The highest BCUT2D eigenvalue weighted by atomic mass is 19.1. The lowest BCUT2D eigenvalue weighted by molar-refractivity contribution is -0.655. The number of piperazine rings is 1. The topological polar surface area (TPSA) is 36.9 Å². The summed E-state index contributed by atoms with van der Waals surface area (Å²) in [7, 11) is 0. The molecule has 1 aromatic carbocycles. The predicted octanol–water partition coefficient (Wildman–Crippen LogP) is 1.19. The van der Waals surface area contributed by atoms with Crippen LogP contribution in [-0.4, -0.2) is 32.0 Å². The quantitative estimate of drug-likeness (QED) is 0.816. The summed E-state index contributed by atoms with van der Waals surface area (Å²) >= 11 is 0. The minimum absolute atomic E-state index is 0.0231. The fraction of sp³-hybridized carbons (Fsp3) is 0.500. The van der Waals surface area contributed by atoms with E-state index in [9.17, 15) is 9.18 Å². The molecule has 0 aromatic heterocycles. The lowest BCUT2D eigenvalue weighted by Crippen LogP contribution is -2.89. The van der Waals surface area contributed by atoms with Gasteiger partial charge in [0.2, 0.25) is 0 Å². The van der Waals surface area contributed by atoms with Gasteiger partial charge in [0.25, 0.3) is 0 Å². The van der Waals surface area contributed by atoms with Gasteiger partial charge in [-0.3, -0.25) is 4.79 Å². The van der Waals surface area contributed by atoms with Crippen molar-refractivity contribution in [2.75, 3.05) is 31.1 Å². The molecule has 0 spiro atoms. The maximum absolute atomic E-state index is 14.0. The molecular formula is C14H20FN2O+. The number of hydrogen-bond acceptors (Lipinski definition) is 2. The summed E-state index contributed by atoms with van der Waals surface area (Å²) in [5.41, 5.74) is 1.11. The molecule has 1 aliphatic rings. The van der Waals surface area contributed by atoms with E-state index in [1.54, 1.807) is 12.1 Å². The molecule has 1 fully saturated rings. The first-order valence-electron chi connectivity index (χ1n) is 6.61. The summed E-state index contributed by atoms with van der Waals surface area (Å²) in [5.74, 6) is -0.256. The Hall–Kier alpha value is -1.42. The van der Waals surface area contributed by atoms with Crippen LogP contribution in [0, 0.1) is 5.82 Å². The number of Topliss-reactive ketones (excluding diaryl/α,β-unsaturated/α-hetero) is 1. The molecule has 2 N–H and O–H groups in total. The third-order valence-corrected chi connectivity index (χ3v) is 3.29. The zero-order valence-corrected chi connectivity index (χ0v) is 10.8. The van der Waals surface area contributed by atoms with Crippen LogP contribution in [0.3, 0.4) is 0 Å². The highest BCUT2D eigenvalue weighted by Gasteiger charge is 2.17. The summed E-state index contributed by atoms with van der Waals surface area (Å²) < 4.78 is 14.0. The molecule has 1 aliphatic heterocycles. The Morgan fingerprint density at radius 3 is 2.72 bits per heavy atom. The van der Waals surface area contributed by atoms with E-state index in [-0.39, 0.29) is 11.6 Å². The first-order chi connectivity index (χ1) is 8.72. The van der Waals surface area contributed by atoms with E-state index in [4.69, 9.17) is 0 Å². The van der Waals surface area contributed by atoms with Crippen molar-refractivity contribution in [2.24, 2.45) is 0 Å². The van der Waals surface area contributed by atoms with Crippen LogP contribution < -0.4 is 10.2 Å². The highest BCUT2D eigenvalue weighted by Crippen LogP contribution is 2.21. The molecule has 0 radical (unpaired) electrons. The van der Waals surface area contributed by atoms with Gasteiger partial charge in [-0.1, -0.05) is 6.92 Å². The van der Waals surface area contributed by atoms with E-state index >= 15 is 0 Å². The second kappa shape index (κ2) is 5.96. The number of benzene rings is 1. The Morgan fingerprint density at radius 2 is 2.11 bits per heavy atom. The van der Waals surface area contributed by atoms with E-state index in [1.807, 2.05) is 11.8 Å². The van der Waals surface area contributed by atoms with Gasteiger partial charge in [-0.05, 0) is 24.6 Å². The summed E-state index contributed by atoms with van der Waals surface area (Å²) in [6.07, 6.45) is 1.28. The average Bonchev–Trinajstić information content (AvgIpc) is 2.40. The number of nitrogens with two attached hydrogens (primary N) is 1. The molecule has 2 rings (SSSR count). The number of quaternary nitrogens is 1. The van der Waals surface area contributed by atoms with E-state index in [0.29, 0.717) is 17.7 Å². The van der Waals surface area contributed by atoms with Crippen molar-refractivity contribution in [2.45, 2.75) is 19.8 Å². The molecule has 3 nitrogen and oxygen atoms in total. The number of carbonyl (C=O) groups is 1. The fourth-order valence-corrected chi connectivity index (χ4v) is 2.30. The van der Waals surface area contributed by atoms with Crippen LogP contribution in [0.2, 0.25) is 0 Å². The van der Waals surface area contributed by atoms with E-state index in [2.05, 4.69) is 5.32 Å². The molecule has 1 aromatic rings. The van der Waals surface area contributed by atoms with Crippen LogP contribution >= 0.6 is 0 Å². The molecule has 0 aliphatic carbocycles. The normalized spacial score (nSPS) is 15.8. The van der Waals surface area contributed by atoms with Gasteiger partial charge >= 0.3 is 0 Å². The first-order valence-corrected chi connectivity index (χ1v) is 6.61. The number of nitrogens with zero attached hydrogens (tertiary/aromatic N) is 1. The second-order valence-electron chi connectivity index (χ2n) is 4.69. The van der Waals surface area contributed by atoms with Crippen molar-refractivity contribution >= 4 is 11.5 Å². The van der Waals surface area contributed by atoms with Gasteiger partial charge in [0.15, 0.2) is 5.78 Å².